The first-order valence-corrected chi connectivity index (χ1v) is 6.96. The molecule has 0 aromatic carbocycles. The number of nitrogens with zero attached hydrogens (tertiary/aromatic N) is 1. The zero-order valence-electron chi connectivity index (χ0n) is 12.1. The van der Waals surface area contributed by atoms with E-state index in [0.29, 0.717) is 19.3 Å². The van der Waals surface area contributed by atoms with Gasteiger partial charge in [-0.25, -0.2) is 4.79 Å². The summed E-state index contributed by atoms with van der Waals surface area (Å²) in [6.07, 6.45) is -15.8. The van der Waals surface area contributed by atoms with Crippen molar-refractivity contribution in [2.24, 2.45) is 11.3 Å². The summed E-state index contributed by atoms with van der Waals surface area (Å²) < 4.78 is 77.8. The Morgan fingerprint density at radius 3 is 1.91 bits per heavy atom. The molecule has 0 aromatic rings. The second-order valence-corrected chi connectivity index (χ2v) is 6.06. The van der Waals surface area contributed by atoms with Gasteiger partial charge in [-0.15, -0.1) is 0 Å². The van der Waals surface area contributed by atoms with Crippen LogP contribution in [-0.2, 0) is 9.53 Å². The van der Waals surface area contributed by atoms with E-state index >= 15 is 0 Å². The Labute approximate surface area is 127 Å². The molecular weight excluding hydrogens is 332 g/mol. The van der Waals surface area contributed by atoms with Gasteiger partial charge < -0.3 is 9.64 Å². The Kier molecular flexibility index (Phi) is 4.31. The fourth-order valence-electron chi connectivity index (χ4n) is 3.10. The van der Waals surface area contributed by atoms with Gasteiger partial charge in [-0.1, -0.05) is 0 Å². The highest BCUT2D eigenvalue weighted by molar-refractivity contribution is 5.82. The number of amides is 1. The molecule has 1 aliphatic carbocycles. The Balaban J connectivity index is 1.94. The topological polar surface area (TPSA) is 46.6 Å². The lowest BCUT2D eigenvalue weighted by Crippen LogP contribution is -2.49. The highest BCUT2D eigenvalue weighted by atomic mass is 19.4. The number of halogens is 6. The van der Waals surface area contributed by atoms with Crippen LogP contribution in [0.3, 0.4) is 0 Å². The zero-order valence-corrected chi connectivity index (χ0v) is 12.1. The molecule has 23 heavy (non-hydrogen) atoms. The number of alkyl halides is 6. The molecule has 132 valence electrons. The largest absolute Gasteiger partial charge is 0.434 e. The van der Waals surface area contributed by atoms with Crippen LogP contribution in [0.2, 0.25) is 0 Å². The van der Waals surface area contributed by atoms with Crippen LogP contribution in [0.5, 0.6) is 0 Å². The number of rotatable bonds is 2. The smallest absolute Gasteiger partial charge is 0.426 e. The molecule has 4 nitrogen and oxygen atoms in total. The maximum Gasteiger partial charge on any atom is 0.434 e. The van der Waals surface area contributed by atoms with Crippen LogP contribution in [0, 0.1) is 11.3 Å². The Hall–Kier alpha value is -1.48. The predicted octanol–water partition coefficient (Wildman–Crippen LogP) is 3.31. The van der Waals surface area contributed by atoms with Crippen molar-refractivity contribution in [1.29, 1.82) is 0 Å². The molecule has 1 heterocycles. The summed E-state index contributed by atoms with van der Waals surface area (Å²) >= 11 is 0. The Morgan fingerprint density at radius 2 is 1.57 bits per heavy atom. The van der Waals surface area contributed by atoms with E-state index in [1.807, 2.05) is 0 Å². The Bertz CT molecular complexity index is 479. The molecule has 1 spiro atoms. The van der Waals surface area contributed by atoms with Crippen molar-refractivity contribution in [3.8, 4) is 0 Å². The number of piperidine rings is 1. The van der Waals surface area contributed by atoms with E-state index in [2.05, 4.69) is 4.74 Å². The van der Waals surface area contributed by atoms with Crippen LogP contribution in [0.15, 0.2) is 0 Å². The average molecular weight is 347 g/mol. The van der Waals surface area contributed by atoms with Gasteiger partial charge in [0, 0.05) is 19.0 Å². The molecular formula is C13H15F6NO3. The van der Waals surface area contributed by atoms with Gasteiger partial charge in [0.15, 0.2) is 0 Å². The summed E-state index contributed by atoms with van der Waals surface area (Å²) in [5.74, 6) is -0.117. The van der Waals surface area contributed by atoms with Crippen molar-refractivity contribution in [2.45, 2.75) is 44.6 Å². The van der Waals surface area contributed by atoms with Crippen molar-refractivity contribution in [1.82, 2.24) is 4.90 Å². The third-order valence-corrected chi connectivity index (χ3v) is 4.51. The van der Waals surface area contributed by atoms with Gasteiger partial charge in [-0.3, -0.25) is 4.79 Å². The molecule has 1 amide bonds. The lowest BCUT2D eigenvalue weighted by Gasteiger charge is -2.33. The molecule has 0 aromatic heterocycles. The van der Waals surface area contributed by atoms with E-state index in [1.54, 1.807) is 0 Å². The van der Waals surface area contributed by atoms with Gasteiger partial charge >= 0.3 is 18.4 Å². The minimum Gasteiger partial charge on any atom is -0.426 e. The lowest BCUT2D eigenvalue weighted by atomic mass is 9.90. The maximum atomic E-state index is 12.4. The number of carbonyl (C=O) groups excluding carboxylic acids is 2. The van der Waals surface area contributed by atoms with Gasteiger partial charge in [-0.2, -0.15) is 26.3 Å². The molecule has 1 aliphatic heterocycles. The van der Waals surface area contributed by atoms with Crippen LogP contribution in [0.25, 0.3) is 0 Å². The number of carbonyl (C=O) groups is 2. The van der Waals surface area contributed by atoms with E-state index in [-0.39, 0.29) is 30.2 Å². The average Bonchev–Trinajstić information content (AvgIpc) is 3.08. The fourth-order valence-corrected chi connectivity index (χ4v) is 3.10. The van der Waals surface area contributed by atoms with Crippen molar-refractivity contribution >= 4 is 11.9 Å². The summed E-state index contributed by atoms with van der Waals surface area (Å²) in [6.45, 7) is 1.40. The van der Waals surface area contributed by atoms with E-state index in [4.69, 9.17) is 0 Å². The van der Waals surface area contributed by atoms with E-state index in [0.717, 1.165) is 4.90 Å². The molecule has 2 aliphatic rings. The summed E-state index contributed by atoms with van der Waals surface area (Å²) in [5.41, 5.74) is -0.254. The normalized spacial score (nSPS) is 24.0. The van der Waals surface area contributed by atoms with Gasteiger partial charge in [0.25, 0.3) is 6.10 Å². The highest BCUT2D eigenvalue weighted by Crippen LogP contribution is 2.59. The number of ether oxygens (including phenoxy) is 1. The number of hydrogen-bond donors (Lipinski definition) is 0. The Morgan fingerprint density at radius 1 is 1.09 bits per heavy atom. The maximum absolute atomic E-state index is 12.4. The first kappa shape index (κ1) is 17.9. The summed E-state index contributed by atoms with van der Waals surface area (Å²) in [4.78, 5) is 23.7. The van der Waals surface area contributed by atoms with Crippen LogP contribution in [0.1, 0.15) is 26.2 Å². The van der Waals surface area contributed by atoms with Crippen molar-refractivity contribution in [3.05, 3.63) is 0 Å². The first-order valence-electron chi connectivity index (χ1n) is 6.96. The monoisotopic (exact) mass is 347 g/mol. The van der Waals surface area contributed by atoms with Crippen LogP contribution >= 0.6 is 0 Å². The fraction of sp³-hybridized carbons (Fsp3) is 0.846. The highest BCUT2D eigenvalue weighted by Gasteiger charge is 2.61. The van der Waals surface area contributed by atoms with Gasteiger partial charge in [0.2, 0.25) is 0 Å². The van der Waals surface area contributed by atoms with E-state index < -0.39 is 24.5 Å². The standard InChI is InChI=1S/C13H15F6NO3/c1-7(21)8-6-11(8)2-4-20(5-3-11)10(22)23-9(12(14,15)16)13(17,18)19/h8-9H,2-6H2,1H3. The zero-order chi connectivity index (χ0) is 17.6. The third-order valence-electron chi connectivity index (χ3n) is 4.51. The first-order chi connectivity index (χ1) is 10.4. The number of ketones is 1. The predicted molar refractivity (Wildman–Crippen MR) is 64.4 cm³/mol. The summed E-state index contributed by atoms with van der Waals surface area (Å²) in [6, 6.07) is 0. The number of hydrogen-bond acceptors (Lipinski definition) is 3. The van der Waals surface area contributed by atoms with Gasteiger partial charge in [-0.05, 0) is 31.6 Å². The molecule has 1 atom stereocenters. The number of likely N-dealkylation sites (tertiary alicyclic amines) is 1. The SMILES string of the molecule is CC(=O)C1CC12CCN(C(=O)OC(C(F)(F)F)C(F)(F)F)CC2. The quantitative estimate of drug-likeness (QED) is 0.720. The van der Waals surface area contributed by atoms with Crippen LogP contribution < -0.4 is 0 Å². The number of Topliss-reactive ketones (excluding diaryl/α,β-unsaturated/α-hetero) is 1. The molecule has 10 heteroatoms. The van der Waals surface area contributed by atoms with Crippen LogP contribution in [0.4, 0.5) is 31.1 Å². The molecule has 0 N–H and O–H groups in total. The van der Waals surface area contributed by atoms with Crippen molar-refractivity contribution in [2.75, 3.05) is 13.1 Å². The second kappa shape index (κ2) is 5.55. The van der Waals surface area contributed by atoms with Crippen molar-refractivity contribution in [3.63, 3.8) is 0 Å². The second-order valence-electron chi connectivity index (χ2n) is 6.06. The third kappa shape index (κ3) is 3.72. The lowest BCUT2D eigenvalue weighted by molar-refractivity contribution is -0.308. The minimum atomic E-state index is -5.72. The molecule has 0 bridgehead atoms. The molecule has 0 radical (unpaired) electrons. The van der Waals surface area contributed by atoms with Crippen LogP contribution in [-0.4, -0.2) is 48.3 Å². The van der Waals surface area contributed by atoms with E-state index in [1.165, 1.54) is 6.92 Å². The van der Waals surface area contributed by atoms with Crippen molar-refractivity contribution < 1.29 is 40.7 Å². The summed E-state index contributed by atoms with van der Waals surface area (Å²) in [7, 11) is 0. The summed E-state index contributed by atoms with van der Waals surface area (Å²) in [5, 5.41) is 0. The van der Waals surface area contributed by atoms with E-state index in [9.17, 15) is 35.9 Å². The molecule has 2 fully saturated rings. The molecule has 1 saturated carbocycles. The van der Waals surface area contributed by atoms with Gasteiger partial charge in [0.05, 0.1) is 0 Å². The van der Waals surface area contributed by atoms with Gasteiger partial charge in [0.1, 0.15) is 5.78 Å². The molecule has 1 saturated heterocycles. The molecule has 1 unspecified atom stereocenters. The minimum absolute atomic E-state index is 0.00948. The molecule has 2 rings (SSSR count).